The Labute approximate surface area is 121 Å². The number of nitrogens with one attached hydrogen (secondary N) is 1. The zero-order valence-electron chi connectivity index (χ0n) is 12.9. The molecule has 0 aliphatic carbocycles. The summed E-state index contributed by atoms with van der Waals surface area (Å²) in [7, 11) is 0. The normalized spacial score (nSPS) is 22.8. The van der Waals surface area contributed by atoms with E-state index in [1.165, 1.54) is 12.8 Å². The molecule has 1 fully saturated rings. The highest BCUT2D eigenvalue weighted by Crippen LogP contribution is 2.22. The summed E-state index contributed by atoms with van der Waals surface area (Å²) in [5.74, 6) is -0.144. The predicted octanol–water partition coefficient (Wildman–Crippen LogP) is 2.71. The average molecular weight is 284 g/mol. The Morgan fingerprint density at radius 1 is 1.30 bits per heavy atom. The van der Waals surface area contributed by atoms with Gasteiger partial charge in [0.05, 0.1) is 5.41 Å². The van der Waals surface area contributed by atoms with Crippen molar-refractivity contribution in [2.24, 2.45) is 11.3 Å². The van der Waals surface area contributed by atoms with Gasteiger partial charge in [0.2, 0.25) is 0 Å². The van der Waals surface area contributed by atoms with E-state index in [2.05, 4.69) is 12.2 Å². The lowest BCUT2D eigenvalue weighted by Gasteiger charge is -2.26. The van der Waals surface area contributed by atoms with Crippen LogP contribution in [0.1, 0.15) is 52.9 Å². The van der Waals surface area contributed by atoms with Crippen molar-refractivity contribution in [3.05, 3.63) is 0 Å². The van der Waals surface area contributed by atoms with Gasteiger partial charge in [-0.15, -0.1) is 0 Å². The largest absolute Gasteiger partial charge is 0.481 e. The van der Waals surface area contributed by atoms with E-state index in [4.69, 9.17) is 0 Å². The van der Waals surface area contributed by atoms with E-state index >= 15 is 0 Å². The van der Waals surface area contributed by atoms with Crippen LogP contribution in [0.5, 0.6) is 0 Å². The molecule has 0 aromatic carbocycles. The number of nitrogens with zero attached hydrogens (tertiary/aromatic N) is 1. The van der Waals surface area contributed by atoms with Crippen LogP contribution >= 0.6 is 0 Å². The molecule has 5 nitrogen and oxygen atoms in total. The standard InChI is InChI=1S/C15H28N2O3/c1-4-12-7-6-9-17(10-8-12)14(20)16-11-15(3,5-2)13(18)19/h12H,4-11H2,1-3H3,(H,16,20)(H,18,19). The summed E-state index contributed by atoms with van der Waals surface area (Å²) in [6.45, 7) is 7.44. The summed E-state index contributed by atoms with van der Waals surface area (Å²) in [5, 5.41) is 12.0. The maximum absolute atomic E-state index is 12.2. The Morgan fingerprint density at radius 2 is 2.00 bits per heavy atom. The van der Waals surface area contributed by atoms with E-state index in [1.807, 2.05) is 11.8 Å². The highest BCUT2D eigenvalue weighted by atomic mass is 16.4. The average Bonchev–Trinajstić information content (AvgIpc) is 2.69. The van der Waals surface area contributed by atoms with Crippen molar-refractivity contribution in [3.63, 3.8) is 0 Å². The Morgan fingerprint density at radius 3 is 2.55 bits per heavy atom. The highest BCUT2D eigenvalue weighted by Gasteiger charge is 2.32. The maximum atomic E-state index is 12.2. The first-order valence-electron chi connectivity index (χ1n) is 7.69. The number of carbonyl (C=O) groups is 2. The number of carboxylic acid groups (broad SMARTS) is 1. The molecule has 1 rings (SSSR count). The van der Waals surface area contributed by atoms with Gasteiger partial charge in [-0.1, -0.05) is 20.3 Å². The van der Waals surface area contributed by atoms with Crippen LogP contribution in [0.4, 0.5) is 4.79 Å². The van der Waals surface area contributed by atoms with E-state index < -0.39 is 11.4 Å². The lowest BCUT2D eigenvalue weighted by atomic mass is 9.88. The number of urea groups is 1. The van der Waals surface area contributed by atoms with Gasteiger partial charge in [0.25, 0.3) is 0 Å². The molecule has 5 heteroatoms. The van der Waals surface area contributed by atoms with Crippen LogP contribution in [-0.4, -0.2) is 41.6 Å². The van der Waals surface area contributed by atoms with Crippen molar-refractivity contribution < 1.29 is 14.7 Å². The van der Waals surface area contributed by atoms with Crippen molar-refractivity contribution >= 4 is 12.0 Å². The van der Waals surface area contributed by atoms with Crippen LogP contribution in [-0.2, 0) is 4.79 Å². The maximum Gasteiger partial charge on any atom is 0.317 e. The molecule has 0 radical (unpaired) electrons. The van der Waals surface area contributed by atoms with Gasteiger partial charge in [-0.3, -0.25) is 4.79 Å². The summed E-state index contributed by atoms with van der Waals surface area (Å²) < 4.78 is 0. The van der Waals surface area contributed by atoms with Crippen LogP contribution in [0.3, 0.4) is 0 Å². The number of likely N-dealkylation sites (tertiary alicyclic amines) is 1. The molecule has 2 N–H and O–H groups in total. The van der Waals surface area contributed by atoms with Crippen molar-refractivity contribution in [1.29, 1.82) is 0 Å². The molecule has 0 aromatic heterocycles. The molecule has 116 valence electrons. The molecule has 1 aliphatic heterocycles. The second-order valence-corrected chi connectivity index (χ2v) is 6.07. The molecule has 0 bridgehead atoms. The summed E-state index contributed by atoms with van der Waals surface area (Å²) in [6.07, 6.45) is 4.94. The van der Waals surface area contributed by atoms with Gasteiger partial charge >= 0.3 is 12.0 Å². The fourth-order valence-electron chi connectivity index (χ4n) is 2.51. The van der Waals surface area contributed by atoms with Gasteiger partial charge in [-0.2, -0.15) is 0 Å². The minimum Gasteiger partial charge on any atom is -0.481 e. The van der Waals surface area contributed by atoms with Gasteiger partial charge in [0.15, 0.2) is 0 Å². The van der Waals surface area contributed by atoms with E-state index in [-0.39, 0.29) is 12.6 Å². The molecule has 2 atom stereocenters. The number of aliphatic carboxylic acids is 1. The Bertz CT molecular complexity index is 346. The fraction of sp³-hybridized carbons (Fsp3) is 0.867. The minimum atomic E-state index is -0.881. The lowest BCUT2D eigenvalue weighted by molar-refractivity contribution is -0.147. The van der Waals surface area contributed by atoms with Crippen molar-refractivity contribution in [2.75, 3.05) is 19.6 Å². The van der Waals surface area contributed by atoms with Crippen LogP contribution < -0.4 is 5.32 Å². The van der Waals surface area contributed by atoms with Gasteiger partial charge in [-0.25, -0.2) is 4.79 Å². The van der Waals surface area contributed by atoms with Gasteiger partial charge in [-0.05, 0) is 38.5 Å². The molecule has 2 amide bonds. The third-order valence-corrected chi connectivity index (χ3v) is 4.64. The first-order valence-corrected chi connectivity index (χ1v) is 7.69. The molecule has 1 aliphatic rings. The van der Waals surface area contributed by atoms with E-state index in [0.29, 0.717) is 12.3 Å². The Balaban J connectivity index is 2.48. The van der Waals surface area contributed by atoms with Crippen LogP contribution in [0, 0.1) is 11.3 Å². The van der Waals surface area contributed by atoms with Crippen molar-refractivity contribution in [3.8, 4) is 0 Å². The number of amides is 2. The van der Waals surface area contributed by atoms with E-state index in [1.54, 1.807) is 6.92 Å². The number of carbonyl (C=O) groups excluding carboxylic acids is 1. The first-order chi connectivity index (χ1) is 9.42. The van der Waals surface area contributed by atoms with Gasteiger partial charge in [0, 0.05) is 19.6 Å². The number of carboxylic acids is 1. The molecule has 0 aromatic rings. The third-order valence-electron chi connectivity index (χ3n) is 4.64. The van der Waals surface area contributed by atoms with E-state index in [0.717, 1.165) is 25.9 Å². The molecule has 1 heterocycles. The Hall–Kier alpha value is -1.26. The molecule has 20 heavy (non-hydrogen) atoms. The number of rotatable bonds is 5. The summed E-state index contributed by atoms with van der Waals surface area (Å²) in [5.41, 5.74) is -0.881. The molecule has 2 unspecified atom stereocenters. The number of hydrogen-bond acceptors (Lipinski definition) is 2. The monoisotopic (exact) mass is 284 g/mol. The van der Waals surface area contributed by atoms with Crippen molar-refractivity contribution in [1.82, 2.24) is 10.2 Å². The van der Waals surface area contributed by atoms with Crippen molar-refractivity contribution in [2.45, 2.75) is 52.9 Å². The second kappa shape index (κ2) is 7.50. The molecular formula is C15H28N2O3. The van der Waals surface area contributed by atoms with Gasteiger partial charge < -0.3 is 15.3 Å². The molecular weight excluding hydrogens is 256 g/mol. The number of hydrogen-bond donors (Lipinski definition) is 2. The van der Waals surface area contributed by atoms with Crippen LogP contribution in [0.15, 0.2) is 0 Å². The summed E-state index contributed by atoms with van der Waals surface area (Å²) >= 11 is 0. The second-order valence-electron chi connectivity index (χ2n) is 6.07. The minimum absolute atomic E-state index is 0.123. The van der Waals surface area contributed by atoms with E-state index in [9.17, 15) is 14.7 Å². The smallest absolute Gasteiger partial charge is 0.317 e. The predicted molar refractivity (Wildman–Crippen MR) is 78.6 cm³/mol. The SMILES string of the molecule is CCC1CCCN(C(=O)NCC(C)(CC)C(=O)O)CC1. The lowest BCUT2D eigenvalue weighted by Crippen LogP contribution is -2.46. The Kier molecular flexibility index (Phi) is 6.30. The quantitative estimate of drug-likeness (QED) is 0.815. The zero-order chi connectivity index (χ0) is 15.2. The summed E-state index contributed by atoms with van der Waals surface area (Å²) in [6, 6.07) is -0.123. The zero-order valence-corrected chi connectivity index (χ0v) is 12.9. The molecule has 0 saturated carbocycles. The topological polar surface area (TPSA) is 69.6 Å². The first kappa shape index (κ1) is 16.8. The third kappa shape index (κ3) is 4.39. The molecule has 1 saturated heterocycles. The molecule has 0 spiro atoms. The summed E-state index contributed by atoms with van der Waals surface area (Å²) in [4.78, 5) is 25.2. The van der Waals surface area contributed by atoms with Crippen LogP contribution in [0.2, 0.25) is 0 Å². The van der Waals surface area contributed by atoms with Gasteiger partial charge in [0.1, 0.15) is 0 Å². The highest BCUT2D eigenvalue weighted by molar-refractivity contribution is 5.77. The fourth-order valence-corrected chi connectivity index (χ4v) is 2.51. The van der Waals surface area contributed by atoms with Crippen LogP contribution in [0.25, 0.3) is 0 Å².